The summed E-state index contributed by atoms with van der Waals surface area (Å²) in [5, 5.41) is 0. The van der Waals surface area contributed by atoms with Gasteiger partial charge in [0, 0.05) is 52.0 Å². The third kappa shape index (κ3) is 5.66. The van der Waals surface area contributed by atoms with Gasteiger partial charge in [-0.3, -0.25) is 14.5 Å². The van der Waals surface area contributed by atoms with E-state index in [4.69, 9.17) is 4.74 Å². The third-order valence-electron chi connectivity index (χ3n) is 8.56. The van der Waals surface area contributed by atoms with Gasteiger partial charge in [-0.2, -0.15) is 0 Å². The Labute approximate surface area is 225 Å². The Hall–Kier alpha value is -3.10. The van der Waals surface area contributed by atoms with Gasteiger partial charge in [-0.05, 0) is 62.6 Å². The number of amides is 2. The smallest absolute Gasteiger partial charge is 0.261 e. The molecule has 0 N–H and O–H groups in total. The van der Waals surface area contributed by atoms with Gasteiger partial charge in [0.15, 0.2) is 0 Å². The number of ether oxygens (including phenoxy) is 1. The molecule has 5 rings (SSSR count). The number of hydrogen-bond donors (Lipinski definition) is 0. The van der Waals surface area contributed by atoms with Crippen LogP contribution in [-0.2, 0) is 9.53 Å². The van der Waals surface area contributed by atoms with Crippen LogP contribution in [0.25, 0.3) is 0 Å². The minimum absolute atomic E-state index is 0.00788. The van der Waals surface area contributed by atoms with Crippen LogP contribution >= 0.6 is 0 Å². The maximum Gasteiger partial charge on any atom is 0.261 e. The summed E-state index contributed by atoms with van der Waals surface area (Å²) in [6.07, 6.45) is 6.75. The molecule has 38 heavy (non-hydrogen) atoms. The van der Waals surface area contributed by atoms with Crippen LogP contribution in [0.4, 0.5) is 0 Å². The summed E-state index contributed by atoms with van der Waals surface area (Å²) in [5.74, 6) is 1.55. The number of hydrogen-bond acceptors (Lipinski definition) is 6. The molecule has 4 heterocycles. The third-order valence-corrected chi connectivity index (χ3v) is 8.56. The number of rotatable bonds is 8. The molecule has 0 bridgehead atoms. The quantitative estimate of drug-likeness (QED) is 0.534. The number of likely N-dealkylation sites (tertiary alicyclic amines) is 2. The summed E-state index contributed by atoms with van der Waals surface area (Å²) in [5.41, 5.74) is 4.86. The predicted molar refractivity (Wildman–Crippen MR) is 146 cm³/mol. The van der Waals surface area contributed by atoms with Crippen LogP contribution in [0, 0.1) is 25.7 Å². The number of fused-ring (bicyclic) bond motifs is 1. The van der Waals surface area contributed by atoms with Crippen molar-refractivity contribution in [2.45, 2.75) is 39.0 Å². The van der Waals surface area contributed by atoms with E-state index < -0.39 is 0 Å². The van der Waals surface area contributed by atoms with Crippen LogP contribution < -0.4 is 0 Å². The van der Waals surface area contributed by atoms with E-state index >= 15 is 0 Å². The van der Waals surface area contributed by atoms with Crippen molar-refractivity contribution in [3.63, 3.8) is 0 Å². The van der Waals surface area contributed by atoms with Crippen LogP contribution in [-0.4, -0.2) is 89.5 Å². The van der Waals surface area contributed by atoms with Crippen molar-refractivity contribution in [1.29, 1.82) is 0 Å². The number of aryl methyl sites for hydroxylation is 2. The first-order valence-electron chi connectivity index (χ1n) is 13.8. The van der Waals surface area contributed by atoms with E-state index in [-0.39, 0.29) is 18.4 Å². The van der Waals surface area contributed by atoms with Crippen LogP contribution in [0.2, 0.25) is 0 Å². The second-order valence-corrected chi connectivity index (χ2v) is 11.0. The molecule has 202 valence electrons. The van der Waals surface area contributed by atoms with Gasteiger partial charge in [0.25, 0.3) is 5.91 Å². The number of aromatic nitrogens is 2. The summed E-state index contributed by atoms with van der Waals surface area (Å²) in [7, 11) is 1.58. The molecule has 0 aliphatic carbocycles. The molecule has 1 aromatic heterocycles. The van der Waals surface area contributed by atoms with Gasteiger partial charge in [-0.1, -0.05) is 30.3 Å². The molecule has 0 radical (unpaired) electrons. The highest BCUT2D eigenvalue weighted by Crippen LogP contribution is 2.37. The SMILES string of the molecule is COCC(=O)N1CCC(C(CCN2CC3=CN(C(=O)c4c(C)ncnc4C)CC3C2)c2ccccc2)CC1. The molecule has 0 spiro atoms. The van der Waals surface area contributed by atoms with E-state index in [2.05, 4.69) is 51.4 Å². The first kappa shape index (κ1) is 26.5. The summed E-state index contributed by atoms with van der Waals surface area (Å²) in [6, 6.07) is 10.9. The largest absolute Gasteiger partial charge is 0.375 e. The number of piperidine rings is 1. The molecule has 3 aliphatic heterocycles. The highest BCUT2D eigenvalue weighted by atomic mass is 16.5. The normalized spacial score (nSPS) is 20.9. The van der Waals surface area contributed by atoms with Crippen molar-refractivity contribution in [2.75, 3.05) is 53.0 Å². The average molecular weight is 518 g/mol. The van der Waals surface area contributed by atoms with Crippen molar-refractivity contribution in [1.82, 2.24) is 24.7 Å². The van der Waals surface area contributed by atoms with Gasteiger partial charge < -0.3 is 14.5 Å². The Morgan fingerprint density at radius 1 is 1.05 bits per heavy atom. The van der Waals surface area contributed by atoms with Crippen molar-refractivity contribution in [2.24, 2.45) is 11.8 Å². The van der Waals surface area contributed by atoms with E-state index in [1.165, 1.54) is 17.5 Å². The lowest BCUT2D eigenvalue weighted by molar-refractivity contribution is -0.136. The summed E-state index contributed by atoms with van der Waals surface area (Å²) in [6.45, 7) is 9.21. The first-order chi connectivity index (χ1) is 18.4. The first-order valence-corrected chi connectivity index (χ1v) is 13.8. The summed E-state index contributed by atoms with van der Waals surface area (Å²) >= 11 is 0. The summed E-state index contributed by atoms with van der Waals surface area (Å²) in [4.78, 5) is 40.3. The zero-order chi connectivity index (χ0) is 26.6. The van der Waals surface area contributed by atoms with Crippen molar-refractivity contribution >= 4 is 11.8 Å². The molecule has 3 aliphatic rings. The molecule has 2 saturated heterocycles. The van der Waals surface area contributed by atoms with Gasteiger partial charge in [0.05, 0.1) is 17.0 Å². The lowest BCUT2D eigenvalue weighted by Gasteiger charge is -2.37. The van der Waals surface area contributed by atoms with Gasteiger partial charge >= 0.3 is 0 Å². The number of carbonyl (C=O) groups is 2. The van der Waals surface area contributed by atoms with Gasteiger partial charge in [-0.25, -0.2) is 9.97 Å². The molecule has 1 aromatic carbocycles. The Balaban J connectivity index is 1.20. The van der Waals surface area contributed by atoms with Crippen molar-refractivity contribution in [3.05, 3.63) is 70.9 Å². The zero-order valence-corrected chi connectivity index (χ0v) is 22.8. The zero-order valence-electron chi connectivity index (χ0n) is 22.8. The molecule has 8 heteroatoms. The van der Waals surface area contributed by atoms with E-state index in [0.717, 1.165) is 69.9 Å². The molecular formula is C30H39N5O3. The molecule has 2 fully saturated rings. The number of nitrogens with zero attached hydrogens (tertiary/aromatic N) is 5. The van der Waals surface area contributed by atoms with Crippen molar-refractivity contribution < 1.29 is 14.3 Å². The molecule has 8 nitrogen and oxygen atoms in total. The lowest BCUT2D eigenvalue weighted by Crippen LogP contribution is -2.41. The molecule has 2 unspecified atom stereocenters. The summed E-state index contributed by atoms with van der Waals surface area (Å²) < 4.78 is 5.05. The Morgan fingerprint density at radius 3 is 2.42 bits per heavy atom. The highest BCUT2D eigenvalue weighted by molar-refractivity contribution is 5.97. The van der Waals surface area contributed by atoms with Crippen LogP contribution in [0.5, 0.6) is 0 Å². The van der Waals surface area contributed by atoms with Crippen LogP contribution in [0.3, 0.4) is 0 Å². The van der Waals surface area contributed by atoms with Gasteiger partial charge in [-0.15, -0.1) is 0 Å². The monoisotopic (exact) mass is 517 g/mol. The Bertz CT molecular complexity index is 1160. The van der Waals surface area contributed by atoms with E-state index in [9.17, 15) is 9.59 Å². The highest BCUT2D eigenvalue weighted by Gasteiger charge is 2.37. The average Bonchev–Trinajstić information content (AvgIpc) is 3.49. The van der Waals surface area contributed by atoms with E-state index in [1.807, 2.05) is 23.6 Å². The van der Waals surface area contributed by atoms with Gasteiger partial charge in [0.1, 0.15) is 12.9 Å². The van der Waals surface area contributed by atoms with Crippen LogP contribution in [0.15, 0.2) is 48.4 Å². The molecule has 0 saturated carbocycles. The number of benzene rings is 1. The predicted octanol–water partition coefficient (Wildman–Crippen LogP) is 3.42. The number of methoxy groups -OCH3 is 1. The fourth-order valence-corrected chi connectivity index (χ4v) is 6.51. The minimum atomic E-state index is 0.00788. The van der Waals surface area contributed by atoms with Crippen molar-refractivity contribution in [3.8, 4) is 0 Å². The maximum atomic E-state index is 13.2. The molecular weight excluding hydrogens is 478 g/mol. The minimum Gasteiger partial charge on any atom is -0.375 e. The fraction of sp³-hybridized carbons (Fsp3) is 0.533. The van der Waals surface area contributed by atoms with Crippen LogP contribution in [0.1, 0.15) is 52.5 Å². The fourth-order valence-electron chi connectivity index (χ4n) is 6.51. The maximum absolute atomic E-state index is 13.2. The number of carbonyl (C=O) groups excluding carboxylic acids is 2. The van der Waals surface area contributed by atoms with Gasteiger partial charge in [0.2, 0.25) is 5.91 Å². The topological polar surface area (TPSA) is 78.9 Å². The second kappa shape index (κ2) is 11.7. The second-order valence-electron chi connectivity index (χ2n) is 11.0. The molecule has 2 aromatic rings. The molecule has 2 amide bonds. The van der Waals surface area contributed by atoms with E-state index in [0.29, 0.717) is 23.3 Å². The Morgan fingerprint density at radius 2 is 1.76 bits per heavy atom. The lowest BCUT2D eigenvalue weighted by atomic mass is 9.78. The standard InChI is InChI=1S/C30H39N5O3/c1-21-29(22(2)32-20-31-21)30(37)35-17-25-15-33(16-26(25)18-35)12-11-27(23-7-5-4-6-8-23)24-9-13-34(14-10-24)28(36)19-38-3/h4-8,17,20,24,26-27H,9-16,18-19H2,1-3H3. The van der Waals surface area contributed by atoms with E-state index in [1.54, 1.807) is 7.11 Å². The Kier molecular flexibility index (Phi) is 8.19. The molecule has 2 atom stereocenters.